The fraction of sp³-hybridized carbons (Fsp3) is 0.750. The molecule has 0 aromatic heterocycles. The molecule has 0 amide bonds. The minimum Gasteiger partial charge on any atom is -0.109 e. The van der Waals surface area contributed by atoms with Crippen LogP contribution in [-0.2, 0) is 0 Å². The third-order valence-electron chi connectivity index (χ3n) is 5.85. The van der Waals surface area contributed by atoms with Crippen molar-refractivity contribution in [1.82, 2.24) is 0 Å². The highest BCUT2D eigenvalue weighted by Crippen LogP contribution is 2.45. The summed E-state index contributed by atoms with van der Waals surface area (Å²) in [6, 6.07) is 2.89. The third kappa shape index (κ3) is 10.5. The Morgan fingerprint density at radius 3 is 1.40 bits per heavy atom. The number of allylic oxidation sites excluding steroid dienone is 2. The normalized spacial score (nSPS) is 24.1. The van der Waals surface area contributed by atoms with Crippen LogP contribution in [0.3, 0.4) is 0 Å². The summed E-state index contributed by atoms with van der Waals surface area (Å²) in [4.78, 5) is 0. The fourth-order valence-corrected chi connectivity index (χ4v) is 13.1. The van der Waals surface area contributed by atoms with E-state index in [0.717, 1.165) is 0 Å². The Kier molecular flexibility index (Phi) is 15.5. The smallest absolute Gasteiger partial charge is 0.0508 e. The van der Waals surface area contributed by atoms with Crippen LogP contribution in [0, 0.1) is 0 Å². The lowest BCUT2D eigenvalue weighted by molar-refractivity contribution is 0.624. The molecule has 170 valence electrons. The van der Waals surface area contributed by atoms with Gasteiger partial charge in [-0.25, -0.2) is 0 Å². The highest BCUT2D eigenvalue weighted by Gasteiger charge is 2.34. The zero-order valence-electron chi connectivity index (χ0n) is 18.9. The van der Waals surface area contributed by atoms with Crippen LogP contribution in [0.2, 0.25) is 12.1 Å². The molecule has 0 fully saturated rings. The maximum absolute atomic E-state index is 3.82. The van der Waals surface area contributed by atoms with Crippen molar-refractivity contribution in [2.75, 3.05) is 0 Å². The van der Waals surface area contributed by atoms with Crippen molar-refractivity contribution >= 4 is 84.0 Å². The molecular formula is C24H40Br2S2Si2. The van der Waals surface area contributed by atoms with Crippen LogP contribution in [0.5, 0.6) is 0 Å². The van der Waals surface area contributed by atoms with Crippen LogP contribution >= 0.6 is 55.4 Å². The molecule has 0 aliphatic carbocycles. The first-order valence-corrected chi connectivity index (χ1v) is 18.3. The third-order valence-corrected chi connectivity index (χ3v) is 13.8. The van der Waals surface area contributed by atoms with E-state index < -0.39 is 0 Å². The second-order valence-corrected chi connectivity index (χ2v) is 16.9. The highest BCUT2D eigenvalue weighted by molar-refractivity contribution is 9.14. The molecule has 0 aromatic carbocycles. The Hall–Kier alpha value is 1.31. The van der Waals surface area contributed by atoms with Crippen molar-refractivity contribution in [2.24, 2.45) is 0 Å². The van der Waals surface area contributed by atoms with Crippen molar-refractivity contribution in [3.05, 3.63) is 19.8 Å². The number of hydrogen-bond acceptors (Lipinski definition) is 2. The average molecular weight is 609 g/mol. The summed E-state index contributed by atoms with van der Waals surface area (Å²) in [6.45, 7) is 4.61. The maximum atomic E-state index is 3.82. The van der Waals surface area contributed by atoms with E-state index in [9.17, 15) is 0 Å². The molecule has 30 heavy (non-hydrogen) atoms. The van der Waals surface area contributed by atoms with Crippen LogP contribution in [0.1, 0.15) is 90.9 Å². The maximum Gasteiger partial charge on any atom is 0.0508 e. The van der Waals surface area contributed by atoms with E-state index in [1.807, 2.05) is 0 Å². The lowest BCUT2D eigenvalue weighted by atomic mass is 10.1. The molecule has 2 rings (SSSR count). The quantitative estimate of drug-likeness (QED) is 0.135. The molecule has 0 nitrogen and oxygen atoms in total. The van der Waals surface area contributed by atoms with Gasteiger partial charge in [0.15, 0.2) is 0 Å². The minimum absolute atomic E-state index is 0.451. The van der Waals surface area contributed by atoms with E-state index in [2.05, 4.69) is 81.4 Å². The van der Waals surface area contributed by atoms with E-state index in [0.29, 0.717) is 28.8 Å². The predicted molar refractivity (Wildman–Crippen MR) is 157 cm³/mol. The second-order valence-electron chi connectivity index (χ2n) is 8.49. The standard InChI is InChI=1S/C24H40Br2S2Si2/c1-3-5-7-9-11-13-15-29-19-17-21(25)27-23(19)24-20(18-22(26)28-24)30-16-14-12-10-8-6-4-2/h17-18,23-24,29-30H,3-16H2,1-2H3/b29-19+,30-20+. The molecule has 0 bridgehead atoms. The van der Waals surface area contributed by atoms with E-state index in [4.69, 9.17) is 0 Å². The molecule has 2 atom stereocenters. The molecule has 0 N–H and O–H groups in total. The van der Waals surface area contributed by atoms with Crippen LogP contribution in [0.25, 0.3) is 0 Å². The molecule has 2 heterocycles. The molecule has 0 aromatic rings. The summed E-state index contributed by atoms with van der Waals surface area (Å²) in [7, 11) is 0.902. The van der Waals surface area contributed by atoms with Gasteiger partial charge in [0.05, 0.1) is 7.63 Å². The van der Waals surface area contributed by atoms with Gasteiger partial charge in [-0.2, -0.15) is 0 Å². The van der Waals surface area contributed by atoms with Crippen molar-refractivity contribution in [3.8, 4) is 0 Å². The molecule has 0 saturated carbocycles. The minimum atomic E-state index is 0.451. The van der Waals surface area contributed by atoms with Crippen molar-refractivity contribution in [3.63, 3.8) is 0 Å². The summed E-state index contributed by atoms with van der Waals surface area (Å²) in [5, 5.41) is 4.89. The predicted octanol–water partition coefficient (Wildman–Crippen LogP) is 8.47. The van der Waals surface area contributed by atoms with Crippen LogP contribution < -0.4 is 0 Å². The number of rotatable bonds is 15. The van der Waals surface area contributed by atoms with E-state index >= 15 is 0 Å². The van der Waals surface area contributed by atoms with Gasteiger partial charge in [-0.15, -0.1) is 23.5 Å². The monoisotopic (exact) mass is 606 g/mol. The van der Waals surface area contributed by atoms with Gasteiger partial charge in [0, 0.05) is 10.5 Å². The van der Waals surface area contributed by atoms with Crippen molar-refractivity contribution in [2.45, 2.75) is 113 Å². The first-order valence-electron chi connectivity index (χ1n) is 12.1. The second kappa shape index (κ2) is 16.9. The largest absolute Gasteiger partial charge is 0.109 e. The topological polar surface area (TPSA) is 0 Å². The van der Waals surface area contributed by atoms with Crippen LogP contribution in [-0.4, -0.2) is 39.1 Å². The fourth-order valence-electron chi connectivity index (χ4n) is 4.08. The Labute approximate surface area is 215 Å². The number of unbranched alkanes of at least 4 members (excludes halogenated alkanes) is 10. The Morgan fingerprint density at radius 2 is 1.00 bits per heavy atom. The number of halogens is 2. The van der Waals surface area contributed by atoms with Gasteiger partial charge >= 0.3 is 0 Å². The van der Waals surface area contributed by atoms with Crippen LogP contribution in [0.4, 0.5) is 0 Å². The van der Waals surface area contributed by atoms with Gasteiger partial charge < -0.3 is 0 Å². The molecule has 2 aliphatic rings. The molecule has 2 aliphatic heterocycles. The number of thioether (sulfide) groups is 2. The Balaban J connectivity index is 1.84. The molecule has 0 saturated heterocycles. The average Bonchev–Trinajstić information content (AvgIpc) is 3.28. The van der Waals surface area contributed by atoms with Gasteiger partial charge in [-0.05, 0) is 74.4 Å². The molecule has 0 spiro atoms. The SMILES string of the molecule is CCCCCCCC/[SiH]=C1\C=C(Br)SC1C1SC(Br)=C/C1=[SiH]\CCCCCCCC. The molecule has 6 heteroatoms. The lowest BCUT2D eigenvalue weighted by Gasteiger charge is -2.21. The molecule has 0 radical (unpaired) electrons. The van der Waals surface area contributed by atoms with E-state index in [1.165, 1.54) is 96.8 Å². The summed E-state index contributed by atoms with van der Waals surface area (Å²) in [6.07, 6.45) is 22.0. The van der Waals surface area contributed by atoms with E-state index in [1.54, 1.807) is 10.3 Å². The summed E-state index contributed by atoms with van der Waals surface area (Å²) in [5.41, 5.74) is 0. The summed E-state index contributed by atoms with van der Waals surface area (Å²) >= 11 is 11.8. The van der Waals surface area contributed by atoms with Gasteiger partial charge in [0.25, 0.3) is 0 Å². The van der Waals surface area contributed by atoms with Gasteiger partial charge in [0.1, 0.15) is 0 Å². The van der Waals surface area contributed by atoms with Gasteiger partial charge in [-0.1, -0.05) is 101 Å². The van der Waals surface area contributed by atoms with E-state index in [-0.39, 0.29) is 0 Å². The van der Waals surface area contributed by atoms with Crippen molar-refractivity contribution in [1.29, 1.82) is 0 Å². The molecular weight excluding hydrogens is 568 g/mol. The molecule has 2 unspecified atom stereocenters. The first-order chi connectivity index (χ1) is 14.7. The summed E-state index contributed by atoms with van der Waals surface area (Å²) in [5.74, 6) is 0. The van der Waals surface area contributed by atoms with Gasteiger partial charge in [-0.3, -0.25) is 0 Å². The Bertz CT molecular complexity index is 575. The van der Waals surface area contributed by atoms with Gasteiger partial charge in [0.2, 0.25) is 0 Å². The zero-order chi connectivity index (χ0) is 21.6. The highest BCUT2D eigenvalue weighted by atomic mass is 79.9. The number of hydrogen-bond donors (Lipinski definition) is 0. The van der Waals surface area contributed by atoms with Crippen molar-refractivity contribution < 1.29 is 0 Å². The zero-order valence-corrected chi connectivity index (χ0v) is 26.1. The lowest BCUT2D eigenvalue weighted by Crippen LogP contribution is -2.32. The Morgan fingerprint density at radius 1 is 0.633 bits per heavy atom. The van der Waals surface area contributed by atoms with Crippen LogP contribution in [0.15, 0.2) is 19.8 Å². The summed E-state index contributed by atoms with van der Waals surface area (Å²) < 4.78 is 2.73. The first kappa shape index (κ1) is 27.6.